The molecule has 0 aromatic heterocycles. The van der Waals surface area contributed by atoms with Crippen LogP contribution in [0.3, 0.4) is 0 Å². The minimum absolute atomic E-state index is 0.235. The zero-order valence-corrected chi connectivity index (χ0v) is 13.2. The highest BCUT2D eigenvalue weighted by Crippen LogP contribution is 2.53. The Bertz CT molecular complexity index is 454. The predicted octanol–water partition coefficient (Wildman–Crippen LogP) is 2.73. The molecule has 5 nitrogen and oxygen atoms in total. The van der Waals surface area contributed by atoms with Crippen molar-refractivity contribution in [1.29, 1.82) is 0 Å². The van der Waals surface area contributed by atoms with Crippen molar-refractivity contribution in [3.8, 4) is 0 Å². The van der Waals surface area contributed by atoms with E-state index in [2.05, 4.69) is 0 Å². The van der Waals surface area contributed by atoms with Crippen molar-refractivity contribution in [1.82, 2.24) is 0 Å². The molecule has 5 heteroatoms. The van der Waals surface area contributed by atoms with Crippen molar-refractivity contribution in [2.45, 2.75) is 71.2 Å². The fraction of sp³-hybridized carbons (Fsp3) is 0.750. The zero-order chi connectivity index (χ0) is 15.7. The highest BCUT2D eigenvalue weighted by molar-refractivity contribution is 5.93. The number of carbonyl (C=O) groups excluding carboxylic acids is 2. The number of carbonyl (C=O) groups is 2. The van der Waals surface area contributed by atoms with Gasteiger partial charge in [-0.1, -0.05) is 6.42 Å². The molecule has 118 valence electrons. The summed E-state index contributed by atoms with van der Waals surface area (Å²) in [6.45, 7) is 7.16. The Morgan fingerprint density at radius 3 is 2.19 bits per heavy atom. The SMILES string of the molecule is CC(C)OC(=O)[C@]12C=CO[C@@]1(C(=O)OC(C)C)CCCC2. The summed E-state index contributed by atoms with van der Waals surface area (Å²) in [5, 5.41) is 0. The molecule has 1 aliphatic heterocycles. The molecule has 0 aromatic rings. The van der Waals surface area contributed by atoms with Crippen molar-refractivity contribution in [2.24, 2.45) is 5.41 Å². The number of rotatable bonds is 4. The highest BCUT2D eigenvalue weighted by Gasteiger charge is 2.67. The van der Waals surface area contributed by atoms with Crippen LogP contribution in [0.2, 0.25) is 0 Å². The van der Waals surface area contributed by atoms with Crippen LogP contribution in [-0.2, 0) is 23.8 Å². The van der Waals surface area contributed by atoms with E-state index in [4.69, 9.17) is 14.2 Å². The van der Waals surface area contributed by atoms with Gasteiger partial charge >= 0.3 is 11.9 Å². The minimum Gasteiger partial charge on any atom is -0.482 e. The quantitative estimate of drug-likeness (QED) is 0.746. The molecular weight excluding hydrogens is 272 g/mol. The molecule has 0 radical (unpaired) electrons. The first-order valence-electron chi connectivity index (χ1n) is 7.62. The van der Waals surface area contributed by atoms with Crippen LogP contribution < -0.4 is 0 Å². The van der Waals surface area contributed by atoms with Crippen LogP contribution >= 0.6 is 0 Å². The summed E-state index contributed by atoms with van der Waals surface area (Å²) in [4.78, 5) is 25.3. The van der Waals surface area contributed by atoms with Crippen LogP contribution in [0.4, 0.5) is 0 Å². The van der Waals surface area contributed by atoms with Gasteiger partial charge in [-0.05, 0) is 53.0 Å². The van der Waals surface area contributed by atoms with Crippen molar-refractivity contribution in [3.63, 3.8) is 0 Å². The van der Waals surface area contributed by atoms with Crippen molar-refractivity contribution < 1.29 is 23.8 Å². The molecule has 2 rings (SSSR count). The fourth-order valence-electron chi connectivity index (χ4n) is 3.15. The molecule has 1 heterocycles. The van der Waals surface area contributed by atoms with Gasteiger partial charge in [0.15, 0.2) is 0 Å². The van der Waals surface area contributed by atoms with Crippen molar-refractivity contribution in [2.75, 3.05) is 0 Å². The fourth-order valence-corrected chi connectivity index (χ4v) is 3.15. The van der Waals surface area contributed by atoms with E-state index in [1.807, 2.05) is 0 Å². The number of hydrogen-bond donors (Lipinski definition) is 0. The molecule has 0 spiro atoms. The van der Waals surface area contributed by atoms with Gasteiger partial charge in [-0.25, -0.2) is 4.79 Å². The molecule has 0 N–H and O–H groups in total. The molecule has 0 unspecified atom stereocenters. The lowest BCUT2D eigenvalue weighted by atomic mass is 9.63. The smallest absolute Gasteiger partial charge is 0.352 e. The van der Waals surface area contributed by atoms with Crippen molar-refractivity contribution >= 4 is 11.9 Å². The number of esters is 2. The van der Waals surface area contributed by atoms with Crippen LogP contribution in [0, 0.1) is 5.41 Å². The summed E-state index contributed by atoms with van der Waals surface area (Å²) in [6, 6.07) is 0. The lowest BCUT2D eigenvalue weighted by molar-refractivity contribution is -0.196. The molecule has 0 amide bonds. The van der Waals surface area contributed by atoms with E-state index >= 15 is 0 Å². The van der Waals surface area contributed by atoms with Crippen LogP contribution in [0.5, 0.6) is 0 Å². The topological polar surface area (TPSA) is 61.8 Å². The second-order valence-electron chi connectivity index (χ2n) is 6.33. The first-order chi connectivity index (χ1) is 9.84. The number of hydrogen-bond acceptors (Lipinski definition) is 5. The lowest BCUT2D eigenvalue weighted by Crippen LogP contribution is -2.59. The lowest BCUT2D eigenvalue weighted by Gasteiger charge is -2.43. The van der Waals surface area contributed by atoms with Gasteiger partial charge in [-0.2, -0.15) is 0 Å². The second kappa shape index (κ2) is 5.70. The molecule has 1 aliphatic carbocycles. The third-order valence-electron chi connectivity index (χ3n) is 4.07. The summed E-state index contributed by atoms with van der Waals surface area (Å²) >= 11 is 0. The Morgan fingerprint density at radius 1 is 1.00 bits per heavy atom. The molecule has 2 atom stereocenters. The first-order valence-corrected chi connectivity index (χ1v) is 7.62. The van der Waals surface area contributed by atoms with E-state index < -0.39 is 23.0 Å². The molecule has 21 heavy (non-hydrogen) atoms. The Morgan fingerprint density at radius 2 is 1.57 bits per heavy atom. The maximum Gasteiger partial charge on any atom is 0.352 e. The van der Waals surface area contributed by atoms with E-state index in [1.165, 1.54) is 6.26 Å². The van der Waals surface area contributed by atoms with Gasteiger partial charge in [0.1, 0.15) is 5.41 Å². The standard InChI is InChI=1S/C16H24O5/c1-11(2)20-13(17)15-7-5-6-8-16(15,19-10-9-15)14(18)21-12(3)4/h9-12H,5-8H2,1-4H3/t15-,16+/m0/s1. The summed E-state index contributed by atoms with van der Waals surface area (Å²) in [5.74, 6) is -0.866. The summed E-state index contributed by atoms with van der Waals surface area (Å²) in [6.07, 6.45) is 5.34. The maximum absolute atomic E-state index is 12.6. The van der Waals surface area contributed by atoms with Gasteiger partial charge in [-0.3, -0.25) is 4.79 Å². The van der Waals surface area contributed by atoms with Crippen molar-refractivity contribution in [3.05, 3.63) is 12.3 Å². The summed E-state index contributed by atoms with van der Waals surface area (Å²) in [5.41, 5.74) is -2.32. The molecule has 0 aromatic carbocycles. The van der Waals surface area contributed by atoms with E-state index in [0.717, 1.165) is 12.8 Å². The second-order valence-corrected chi connectivity index (χ2v) is 6.33. The van der Waals surface area contributed by atoms with E-state index in [9.17, 15) is 9.59 Å². The number of ether oxygens (including phenoxy) is 3. The Labute approximate surface area is 125 Å². The third-order valence-corrected chi connectivity index (χ3v) is 4.07. The molecule has 1 saturated carbocycles. The van der Waals surface area contributed by atoms with Crippen LogP contribution in [0.15, 0.2) is 12.3 Å². The molecule has 0 saturated heterocycles. The molecule has 2 aliphatic rings. The van der Waals surface area contributed by atoms with Gasteiger partial charge < -0.3 is 14.2 Å². The largest absolute Gasteiger partial charge is 0.482 e. The van der Waals surface area contributed by atoms with Crippen LogP contribution in [0.1, 0.15) is 53.4 Å². The van der Waals surface area contributed by atoms with Gasteiger partial charge in [0, 0.05) is 0 Å². The van der Waals surface area contributed by atoms with E-state index in [-0.39, 0.29) is 12.2 Å². The average Bonchev–Trinajstić information content (AvgIpc) is 2.78. The molecule has 1 fully saturated rings. The summed E-state index contributed by atoms with van der Waals surface area (Å²) in [7, 11) is 0. The van der Waals surface area contributed by atoms with Gasteiger partial charge in [0.25, 0.3) is 0 Å². The maximum atomic E-state index is 12.6. The normalized spacial score (nSPS) is 31.0. The monoisotopic (exact) mass is 296 g/mol. The Kier molecular flexibility index (Phi) is 4.30. The zero-order valence-electron chi connectivity index (χ0n) is 13.2. The van der Waals surface area contributed by atoms with Crippen LogP contribution in [-0.4, -0.2) is 29.7 Å². The van der Waals surface area contributed by atoms with E-state index in [0.29, 0.717) is 12.8 Å². The summed E-state index contributed by atoms with van der Waals surface area (Å²) < 4.78 is 16.4. The average molecular weight is 296 g/mol. The van der Waals surface area contributed by atoms with Gasteiger partial charge in [0.05, 0.1) is 18.5 Å². The van der Waals surface area contributed by atoms with Gasteiger partial charge in [0.2, 0.25) is 5.60 Å². The Balaban J connectivity index is 2.36. The predicted molar refractivity (Wildman–Crippen MR) is 76.3 cm³/mol. The first kappa shape index (κ1) is 15.9. The Hall–Kier alpha value is -1.52. The molecular formula is C16H24O5. The third kappa shape index (κ3) is 2.54. The van der Waals surface area contributed by atoms with Gasteiger partial charge in [-0.15, -0.1) is 0 Å². The minimum atomic E-state index is -1.26. The van der Waals surface area contributed by atoms with E-state index in [1.54, 1.807) is 33.8 Å². The van der Waals surface area contributed by atoms with Crippen LogP contribution in [0.25, 0.3) is 0 Å². The molecule has 0 bridgehead atoms. The highest BCUT2D eigenvalue weighted by atomic mass is 16.6. The number of fused-ring (bicyclic) bond motifs is 1.